The lowest BCUT2D eigenvalue weighted by Gasteiger charge is -2.20. The van der Waals surface area contributed by atoms with Crippen LogP contribution in [0.4, 0.5) is 17.2 Å². The van der Waals surface area contributed by atoms with Gasteiger partial charge in [-0.05, 0) is 46.3 Å². The van der Waals surface area contributed by atoms with E-state index in [0.717, 1.165) is 26.7 Å². The van der Waals surface area contributed by atoms with Gasteiger partial charge in [0, 0.05) is 41.0 Å². The van der Waals surface area contributed by atoms with E-state index in [1.165, 1.54) is 10.7 Å². The monoisotopic (exact) mass is 545 g/mol. The molecule has 0 fully saturated rings. The maximum Gasteiger partial charge on any atom is 0.333 e. The summed E-state index contributed by atoms with van der Waals surface area (Å²) in [5, 5.41) is 30.8. The summed E-state index contributed by atoms with van der Waals surface area (Å²) in [4.78, 5) is 17.1. The van der Waals surface area contributed by atoms with Gasteiger partial charge in [0.25, 0.3) is 0 Å². The predicted molar refractivity (Wildman–Crippen MR) is 135 cm³/mol. The van der Waals surface area contributed by atoms with E-state index in [2.05, 4.69) is 46.6 Å². The third kappa shape index (κ3) is 3.40. The number of benzene rings is 2. The fraction of sp³-hybridized carbons (Fsp3) is 0.0870. The van der Waals surface area contributed by atoms with Crippen molar-refractivity contribution in [3.63, 3.8) is 0 Å². The van der Waals surface area contributed by atoms with Crippen molar-refractivity contribution in [2.24, 2.45) is 0 Å². The molecular weight excluding hydrogens is 530 g/mol. The Morgan fingerprint density at radius 2 is 1.97 bits per heavy atom. The second kappa shape index (κ2) is 8.23. The number of aromatic nitrogens is 7. The number of nitrogens with one attached hydrogen (secondary N) is 1. The van der Waals surface area contributed by atoms with Crippen molar-refractivity contribution >= 4 is 49.7 Å². The summed E-state index contributed by atoms with van der Waals surface area (Å²) in [7, 11) is 1.86. The van der Waals surface area contributed by atoms with Gasteiger partial charge in [-0.15, -0.1) is 10.2 Å². The molecule has 12 nitrogen and oxygen atoms in total. The van der Waals surface area contributed by atoms with Crippen LogP contribution in [0.2, 0.25) is 0 Å². The number of H-pyrrole nitrogens is 1. The average Bonchev–Trinajstić information content (AvgIpc) is 3.62. The van der Waals surface area contributed by atoms with E-state index in [1.54, 1.807) is 6.92 Å². The zero-order valence-corrected chi connectivity index (χ0v) is 20.5. The Morgan fingerprint density at radius 1 is 1.17 bits per heavy atom. The van der Waals surface area contributed by atoms with Crippen LogP contribution in [-0.2, 0) is 0 Å². The summed E-state index contributed by atoms with van der Waals surface area (Å²) in [6.45, 7) is 1.79. The van der Waals surface area contributed by atoms with E-state index in [9.17, 15) is 10.1 Å². The van der Waals surface area contributed by atoms with Gasteiger partial charge in [0.15, 0.2) is 0 Å². The normalized spacial score (nSPS) is 11.4. The van der Waals surface area contributed by atoms with Crippen LogP contribution in [-0.4, -0.2) is 47.2 Å². The Bertz CT molecular complexity index is 1780. The van der Waals surface area contributed by atoms with E-state index >= 15 is 0 Å². The molecule has 0 spiro atoms. The molecule has 13 heteroatoms. The third-order valence-corrected chi connectivity index (χ3v) is 6.65. The highest BCUT2D eigenvalue weighted by Gasteiger charge is 2.23. The number of rotatable bonds is 5. The fourth-order valence-corrected chi connectivity index (χ4v) is 4.75. The smallest absolute Gasteiger partial charge is 0.333 e. The molecule has 36 heavy (non-hydrogen) atoms. The minimum absolute atomic E-state index is 0.147. The Labute approximate surface area is 210 Å². The van der Waals surface area contributed by atoms with Gasteiger partial charge in [-0.2, -0.15) is 14.8 Å². The SMILES string of the molecule is Cc1cc(N(C)c2ccc3oc(-c4ccccc4-c4nn[nH]n4)c(Br)c3c2)n2ncc([N+](=O)[O-])c2n1. The van der Waals surface area contributed by atoms with E-state index < -0.39 is 4.92 Å². The number of tetrazole rings is 1. The van der Waals surface area contributed by atoms with Crippen molar-refractivity contribution in [2.75, 3.05) is 11.9 Å². The molecule has 0 unspecified atom stereocenters. The van der Waals surface area contributed by atoms with Gasteiger partial charge in [-0.3, -0.25) is 10.1 Å². The number of fused-ring (bicyclic) bond motifs is 2. The van der Waals surface area contributed by atoms with Crippen LogP contribution in [0, 0.1) is 17.0 Å². The van der Waals surface area contributed by atoms with Gasteiger partial charge in [-0.1, -0.05) is 24.3 Å². The molecule has 6 aromatic rings. The number of nitrogens with zero attached hydrogens (tertiary/aromatic N) is 8. The van der Waals surface area contributed by atoms with Crippen LogP contribution in [0.5, 0.6) is 0 Å². The second-order valence-electron chi connectivity index (χ2n) is 8.04. The van der Waals surface area contributed by atoms with Gasteiger partial charge < -0.3 is 9.32 Å². The number of hydrogen-bond acceptors (Lipinski definition) is 9. The molecule has 2 aromatic carbocycles. The molecule has 4 heterocycles. The summed E-state index contributed by atoms with van der Waals surface area (Å²) in [6.07, 6.45) is 1.21. The molecule has 4 aromatic heterocycles. The summed E-state index contributed by atoms with van der Waals surface area (Å²) in [5.74, 6) is 1.73. The van der Waals surface area contributed by atoms with E-state index in [0.29, 0.717) is 28.7 Å². The first-order chi connectivity index (χ1) is 17.4. The van der Waals surface area contributed by atoms with Crippen LogP contribution in [0.15, 0.2) is 63.6 Å². The zero-order valence-electron chi connectivity index (χ0n) is 18.9. The number of aryl methyl sites for hydroxylation is 1. The van der Waals surface area contributed by atoms with E-state index in [4.69, 9.17) is 4.42 Å². The molecule has 0 radical (unpaired) electrons. The van der Waals surface area contributed by atoms with E-state index in [-0.39, 0.29) is 11.3 Å². The Morgan fingerprint density at radius 3 is 2.72 bits per heavy atom. The summed E-state index contributed by atoms with van der Waals surface area (Å²) in [6, 6.07) is 15.2. The molecule has 0 aliphatic carbocycles. The molecule has 1 N–H and O–H groups in total. The van der Waals surface area contributed by atoms with E-state index in [1.807, 2.05) is 60.5 Å². The van der Waals surface area contributed by atoms with Crippen LogP contribution >= 0.6 is 15.9 Å². The van der Waals surface area contributed by atoms with Crippen LogP contribution in [0.1, 0.15) is 5.69 Å². The van der Waals surface area contributed by atoms with Crippen LogP contribution < -0.4 is 4.90 Å². The minimum Gasteiger partial charge on any atom is -0.455 e. The van der Waals surface area contributed by atoms with Crippen molar-refractivity contribution in [1.29, 1.82) is 0 Å². The predicted octanol–water partition coefficient (Wildman–Crippen LogP) is 5.07. The summed E-state index contributed by atoms with van der Waals surface area (Å²) in [5.41, 5.74) is 3.78. The lowest BCUT2D eigenvalue weighted by molar-refractivity contribution is -0.383. The zero-order chi connectivity index (χ0) is 25.0. The molecule has 0 aliphatic rings. The molecule has 6 rings (SSSR count). The highest BCUT2D eigenvalue weighted by molar-refractivity contribution is 9.10. The van der Waals surface area contributed by atoms with Gasteiger partial charge >= 0.3 is 5.69 Å². The first-order valence-corrected chi connectivity index (χ1v) is 11.5. The fourth-order valence-electron chi connectivity index (χ4n) is 4.14. The second-order valence-corrected chi connectivity index (χ2v) is 8.84. The number of nitro groups is 1. The highest BCUT2D eigenvalue weighted by Crippen LogP contribution is 2.42. The Balaban J connectivity index is 1.47. The lowest BCUT2D eigenvalue weighted by Crippen LogP contribution is -2.15. The van der Waals surface area contributed by atoms with Crippen molar-refractivity contribution in [3.05, 3.63) is 75.0 Å². The first-order valence-electron chi connectivity index (χ1n) is 10.7. The highest BCUT2D eigenvalue weighted by atomic mass is 79.9. The topological polar surface area (TPSA) is 144 Å². The van der Waals surface area contributed by atoms with Crippen LogP contribution in [0.3, 0.4) is 0 Å². The Hall–Kier alpha value is -4.65. The number of anilines is 2. The number of furan rings is 1. The molecule has 0 amide bonds. The third-order valence-electron chi connectivity index (χ3n) is 5.86. The van der Waals surface area contributed by atoms with Gasteiger partial charge in [0.1, 0.15) is 23.4 Å². The van der Waals surface area contributed by atoms with Crippen molar-refractivity contribution in [2.45, 2.75) is 6.92 Å². The molecule has 0 atom stereocenters. The number of halogens is 1. The Kier molecular flexibility index (Phi) is 5.00. The summed E-state index contributed by atoms with van der Waals surface area (Å²) < 4.78 is 8.47. The van der Waals surface area contributed by atoms with Crippen LogP contribution in [0.25, 0.3) is 39.3 Å². The van der Waals surface area contributed by atoms with Gasteiger partial charge in [0.05, 0.1) is 9.40 Å². The molecule has 0 aliphatic heterocycles. The average molecular weight is 546 g/mol. The van der Waals surface area contributed by atoms with Crippen molar-refractivity contribution in [3.8, 4) is 22.7 Å². The molecule has 0 saturated heterocycles. The quantitative estimate of drug-likeness (QED) is 0.231. The standard InChI is InChI=1S/C23H16BrN9O3/c1-12-9-19(32-23(26-12)17(11-25-32)33(34)35)31(2)13-7-8-18-16(10-13)20(24)21(36-18)14-5-3-4-6-15(14)22-27-29-30-28-22/h3-11H,1-2H3,(H,27,28,29,30). The maximum atomic E-state index is 11.4. The first kappa shape index (κ1) is 21.9. The number of aromatic amines is 1. The molecular formula is C23H16BrN9O3. The van der Waals surface area contributed by atoms with Gasteiger partial charge in [-0.25, -0.2) is 4.98 Å². The summed E-state index contributed by atoms with van der Waals surface area (Å²) >= 11 is 3.72. The maximum absolute atomic E-state index is 11.4. The largest absolute Gasteiger partial charge is 0.455 e. The number of hydrogen-bond donors (Lipinski definition) is 1. The molecule has 178 valence electrons. The minimum atomic E-state index is -0.485. The van der Waals surface area contributed by atoms with Crippen molar-refractivity contribution < 1.29 is 9.34 Å². The van der Waals surface area contributed by atoms with Gasteiger partial charge in [0.2, 0.25) is 11.5 Å². The molecule has 0 bridgehead atoms. The molecule has 0 saturated carbocycles. The lowest BCUT2D eigenvalue weighted by atomic mass is 10.0. The van der Waals surface area contributed by atoms with Crippen molar-refractivity contribution in [1.82, 2.24) is 35.2 Å².